The molecule has 2 heterocycles. The van der Waals surface area contributed by atoms with Crippen molar-refractivity contribution in [3.8, 4) is 5.75 Å². The van der Waals surface area contributed by atoms with Gasteiger partial charge < -0.3 is 24.6 Å². The number of anilines is 1. The molecule has 2 aliphatic rings. The maximum Gasteiger partial charge on any atom is 0.341 e. The highest BCUT2D eigenvalue weighted by molar-refractivity contribution is 5.97. The van der Waals surface area contributed by atoms with Crippen molar-refractivity contribution < 1.29 is 28.2 Å². The van der Waals surface area contributed by atoms with E-state index >= 15 is 4.39 Å². The lowest BCUT2D eigenvalue weighted by molar-refractivity contribution is -0.121. The number of ether oxygens (including phenoxy) is 1. The van der Waals surface area contributed by atoms with E-state index in [9.17, 15) is 23.9 Å². The number of aromatic nitrogens is 1. The highest BCUT2D eigenvalue weighted by Crippen LogP contribution is 2.44. The highest BCUT2D eigenvalue weighted by atomic mass is 19.1. The summed E-state index contributed by atoms with van der Waals surface area (Å²) in [5, 5.41) is 12.0. The fourth-order valence-electron chi connectivity index (χ4n) is 4.75. The summed E-state index contributed by atoms with van der Waals surface area (Å²) in [5.74, 6) is -2.51. The summed E-state index contributed by atoms with van der Waals surface area (Å²) < 4.78 is 37.8. The standard InChI is InChI=1S/C26H31F2N3O5/c1-14(2)9-21(32)29-11-20(28)15-5-4-8-30(12-15)23-19(27)10-17-22(25(23)36-3)31(16-6-7-16)13-18(24(17)33)26(34)35/h10,13-14,16H,4-9,11-12H2,1-3H3,(H,29,32)(H,34,35)/b20-15+. The minimum atomic E-state index is -1.37. The second-order valence-corrected chi connectivity index (χ2v) is 9.86. The number of methoxy groups -OCH3 is 1. The van der Waals surface area contributed by atoms with Gasteiger partial charge in [0.1, 0.15) is 17.1 Å². The zero-order valence-electron chi connectivity index (χ0n) is 20.7. The van der Waals surface area contributed by atoms with Crippen molar-refractivity contribution >= 4 is 28.5 Å². The van der Waals surface area contributed by atoms with E-state index in [0.29, 0.717) is 36.9 Å². The quantitative estimate of drug-likeness (QED) is 0.561. The molecule has 4 rings (SSSR count). The van der Waals surface area contributed by atoms with Crippen LogP contribution in [0, 0.1) is 11.7 Å². The molecule has 8 nitrogen and oxygen atoms in total. The van der Waals surface area contributed by atoms with Gasteiger partial charge in [0.05, 0.1) is 24.6 Å². The van der Waals surface area contributed by atoms with Crippen LogP contribution in [0.5, 0.6) is 5.75 Å². The largest absolute Gasteiger partial charge is 0.492 e. The van der Waals surface area contributed by atoms with Crippen LogP contribution in [0.4, 0.5) is 14.5 Å². The monoisotopic (exact) mass is 503 g/mol. The minimum absolute atomic E-state index is 0.0119. The number of hydrogen-bond donors (Lipinski definition) is 2. The number of nitrogens with one attached hydrogen (secondary N) is 1. The van der Waals surface area contributed by atoms with Crippen LogP contribution in [0.1, 0.15) is 62.4 Å². The summed E-state index contributed by atoms with van der Waals surface area (Å²) in [6, 6.07) is 1.04. The van der Waals surface area contributed by atoms with E-state index in [2.05, 4.69) is 5.32 Å². The van der Waals surface area contributed by atoms with Crippen molar-refractivity contribution in [3.05, 3.63) is 45.3 Å². The van der Waals surface area contributed by atoms with Crippen LogP contribution in [-0.2, 0) is 4.79 Å². The minimum Gasteiger partial charge on any atom is -0.492 e. The van der Waals surface area contributed by atoms with Crippen LogP contribution in [0.3, 0.4) is 0 Å². The van der Waals surface area contributed by atoms with Gasteiger partial charge in [-0.25, -0.2) is 13.6 Å². The number of hydrogen-bond acceptors (Lipinski definition) is 5. The first kappa shape index (κ1) is 25.7. The van der Waals surface area contributed by atoms with Gasteiger partial charge in [-0.15, -0.1) is 0 Å². The molecule has 2 aromatic rings. The number of carbonyl (C=O) groups is 2. The fraction of sp³-hybridized carbons (Fsp3) is 0.500. The molecule has 0 atom stereocenters. The lowest BCUT2D eigenvalue weighted by Gasteiger charge is -2.33. The van der Waals surface area contributed by atoms with E-state index in [-0.39, 0.29) is 47.8 Å². The van der Waals surface area contributed by atoms with E-state index in [0.717, 1.165) is 18.9 Å². The second-order valence-electron chi connectivity index (χ2n) is 9.86. The van der Waals surface area contributed by atoms with E-state index < -0.39 is 28.6 Å². The van der Waals surface area contributed by atoms with Crippen molar-refractivity contribution in [2.24, 2.45) is 5.92 Å². The van der Waals surface area contributed by atoms with Gasteiger partial charge in [0.25, 0.3) is 0 Å². The summed E-state index contributed by atoms with van der Waals surface area (Å²) in [7, 11) is 1.37. The van der Waals surface area contributed by atoms with Crippen molar-refractivity contribution in [1.82, 2.24) is 9.88 Å². The first-order valence-corrected chi connectivity index (χ1v) is 12.2. The molecule has 1 amide bonds. The highest BCUT2D eigenvalue weighted by Gasteiger charge is 2.32. The molecule has 1 aliphatic carbocycles. The Morgan fingerprint density at radius 2 is 2.03 bits per heavy atom. The van der Waals surface area contributed by atoms with Gasteiger partial charge in [-0.3, -0.25) is 9.59 Å². The summed E-state index contributed by atoms with van der Waals surface area (Å²) in [5.41, 5.74) is -0.290. The Hall–Kier alpha value is -3.43. The number of pyridine rings is 1. The predicted molar refractivity (Wildman–Crippen MR) is 132 cm³/mol. The smallest absolute Gasteiger partial charge is 0.341 e. The Balaban J connectivity index is 1.74. The lowest BCUT2D eigenvalue weighted by Crippen LogP contribution is -2.34. The molecule has 2 N–H and O–H groups in total. The average molecular weight is 504 g/mol. The first-order valence-electron chi connectivity index (χ1n) is 12.2. The molecule has 0 bridgehead atoms. The molecule has 0 radical (unpaired) electrons. The van der Waals surface area contributed by atoms with Crippen molar-refractivity contribution in [2.75, 3.05) is 31.6 Å². The van der Waals surface area contributed by atoms with Gasteiger partial charge in [-0.1, -0.05) is 13.8 Å². The molecule has 194 valence electrons. The second kappa shape index (κ2) is 10.3. The van der Waals surface area contributed by atoms with Crippen LogP contribution in [-0.4, -0.2) is 48.3 Å². The fourth-order valence-corrected chi connectivity index (χ4v) is 4.75. The van der Waals surface area contributed by atoms with Crippen molar-refractivity contribution in [2.45, 2.75) is 52.0 Å². The topological polar surface area (TPSA) is 101 Å². The van der Waals surface area contributed by atoms with Crippen LogP contribution >= 0.6 is 0 Å². The molecule has 10 heteroatoms. The molecule has 36 heavy (non-hydrogen) atoms. The first-order chi connectivity index (χ1) is 17.1. The Labute approximate surface area is 207 Å². The number of aromatic carboxylic acids is 1. The van der Waals surface area contributed by atoms with Gasteiger partial charge in [-0.2, -0.15) is 0 Å². The van der Waals surface area contributed by atoms with E-state index in [1.54, 1.807) is 9.47 Å². The summed E-state index contributed by atoms with van der Waals surface area (Å²) in [4.78, 5) is 38.1. The number of nitrogens with zero attached hydrogens (tertiary/aromatic N) is 2. The molecule has 1 saturated heterocycles. The third-order valence-corrected chi connectivity index (χ3v) is 6.60. The molecule has 1 aromatic carbocycles. The SMILES string of the molecule is COc1c(N2CCC/C(=C(\F)CNC(=O)CC(C)C)C2)c(F)cc2c(=O)c(C(=O)O)cn(C3CC3)c12. The van der Waals surface area contributed by atoms with Gasteiger partial charge >= 0.3 is 5.97 Å². The molecule has 0 spiro atoms. The molecule has 2 fully saturated rings. The molecule has 1 aliphatic heterocycles. The van der Waals surface area contributed by atoms with Crippen LogP contribution < -0.4 is 20.4 Å². The Morgan fingerprint density at radius 3 is 2.64 bits per heavy atom. The van der Waals surface area contributed by atoms with Crippen molar-refractivity contribution in [3.63, 3.8) is 0 Å². The third-order valence-electron chi connectivity index (χ3n) is 6.60. The normalized spacial score (nSPS) is 17.4. The maximum absolute atomic E-state index is 15.5. The number of halogens is 2. The molecule has 0 unspecified atom stereocenters. The zero-order valence-corrected chi connectivity index (χ0v) is 20.7. The number of carboxylic acids is 1. The molecular weight excluding hydrogens is 472 g/mol. The number of carboxylic acid groups (broad SMARTS) is 1. The number of amides is 1. The number of carbonyl (C=O) groups excluding carboxylic acids is 1. The van der Waals surface area contributed by atoms with Crippen LogP contribution in [0.2, 0.25) is 0 Å². The zero-order chi connectivity index (χ0) is 26.1. The van der Waals surface area contributed by atoms with E-state index in [4.69, 9.17) is 4.74 Å². The number of benzene rings is 1. The molecular formula is C26H31F2N3O5. The summed E-state index contributed by atoms with van der Waals surface area (Å²) in [6.07, 6.45) is 4.26. The average Bonchev–Trinajstić information content (AvgIpc) is 3.67. The van der Waals surface area contributed by atoms with E-state index in [1.807, 2.05) is 13.8 Å². The third kappa shape index (κ3) is 5.08. The Bertz CT molecular complexity index is 1300. The van der Waals surface area contributed by atoms with Crippen LogP contribution in [0.25, 0.3) is 10.9 Å². The lowest BCUT2D eigenvalue weighted by atomic mass is 10.0. The van der Waals surface area contributed by atoms with Gasteiger partial charge in [0, 0.05) is 31.7 Å². The number of piperidine rings is 1. The molecule has 1 aromatic heterocycles. The van der Waals surface area contributed by atoms with E-state index in [1.165, 1.54) is 13.3 Å². The number of rotatable bonds is 8. The predicted octanol–water partition coefficient (Wildman–Crippen LogP) is 4.17. The van der Waals surface area contributed by atoms with Gasteiger partial charge in [0.2, 0.25) is 11.3 Å². The summed E-state index contributed by atoms with van der Waals surface area (Å²) in [6.45, 7) is 4.14. The Kier molecular flexibility index (Phi) is 7.33. The van der Waals surface area contributed by atoms with Crippen molar-refractivity contribution in [1.29, 1.82) is 0 Å². The summed E-state index contributed by atoms with van der Waals surface area (Å²) >= 11 is 0. The molecule has 1 saturated carbocycles. The van der Waals surface area contributed by atoms with Gasteiger partial charge in [0.15, 0.2) is 11.6 Å². The van der Waals surface area contributed by atoms with Crippen LogP contribution in [0.15, 0.2) is 28.5 Å². The van der Waals surface area contributed by atoms with Gasteiger partial charge in [-0.05, 0) is 43.2 Å². The number of fused-ring (bicyclic) bond motifs is 1. The maximum atomic E-state index is 15.5. The Morgan fingerprint density at radius 1 is 1.31 bits per heavy atom.